The summed E-state index contributed by atoms with van der Waals surface area (Å²) in [6, 6.07) is 5.97. The first-order chi connectivity index (χ1) is 7.49. The van der Waals surface area contributed by atoms with Gasteiger partial charge in [0, 0.05) is 0 Å². The maximum Gasteiger partial charge on any atom is 0.312 e. The van der Waals surface area contributed by atoms with E-state index in [0.29, 0.717) is 0 Å². The molecule has 0 heterocycles. The summed E-state index contributed by atoms with van der Waals surface area (Å²) in [5.74, 6) is -0.986. The first kappa shape index (κ1) is 12.0. The zero-order valence-corrected chi connectivity index (χ0v) is 8.93. The molecule has 0 aliphatic heterocycles. The number of nitrogens with two attached hydrogens (primary N) is 1. The van der Waals surface area contributed by atoms with Gasteiger partial charge in [-0.1, -0.05) is 29.8 Å². The zero-order chi connectivity index (χ0) is 12.1. The monoisotopic (exact) mass is 222 g/mol. The standard InChI is InChI=1S/C11H14N2O3/c1-7-3-2-4-8(5-7)9(6-10(14)15)13-11(12)16/h2-5,9H,6H2,1H3,(H,14,15)(H3,12,13,16)/t9-/m0/s1. The molecule has 0 aliphatic rings. The normalized spacial score (nSPS) is 11.8. The Morgan fingerprint density at radius 3 is 2.69 bits per heavy atom. The number of aryl methyl sites for hydroxylation is 1. The Bertz CT molecular complexity index is 388. The van der Waals surface area contributed by atoms with Crippen molar-refractivity contribution in [3.8, 4) is 0 Å². The van der Waals surface area contributed by atoms with Crippen molar-refractivity contribution in [1.29, 1.82) is 0 Å². The number of primary amides is 1. The molecule has 5 nitrogen and oxygen atoms in total. The molecule has 1 aromatic rings. The lowest BCUT2D eigenvalue weighted by Crippen LogP contribution is -2.34. The fourth-order valence-electron chi connectivity index (χ4n) is 1.49. The molecule has 1 atom stereocenters. The van der Waals surface area contributed by atoms with Crippen LogP contribution in [-0.4, -0.2) is 17.1 Å². The van der Waals surface area contributed by atoms with Crippen LogP contribution < -0.4 is 11.1 Å². The number of benzene rings is 1. The van der Waals surface area contributed by atoms with Crippen LogP contribution in [0.2, 0.25) is 0 Å². The number of aliphatic carboxylic acids is 1. The van der Waals surface area contributed by atoms with Crippen LogP contribution in [0.25, 0.3) is 0 Å². The first-order valence-corrected chi connectivity index (χ1v) is 4.83. The molecule has 1 rings (SSSR count). The third kappa shape index (κ3) is 3.61. The second kappa shape index (κ2) is 5.16. The third-order valence-electron chi connectivity index (χ3n) is 2.14. The topological polar surface area (TPSA) is 92.4 Å². The highest BCUT2D eigenvalue weighted by molar-refractivity contribution is 5.74. The van der Waals surface area contributed by atoms with Gasteiger partial charge in [0.15, 0.2) is 0 Å². The van der Waals surface area contributed by atoms with Crippen molar-refractivity contribution in [2.45, 2.75) is 19.4 Å². The molecule has 0 aliphatic carbocycles. The highest BCUT2D eigenvalue weighted by Crippen LogP contribution is 2.17. The van der Waals surface area contributed by atoms with Crippen molar-refractivity contribution in [2.24, 2.45) is 5.73 Å². The Balaban J connectivity index is 2.90. The first-order valence-electron chi connectivity index (χ1n) is 4.83. The molecule has 0 radical (unpaired) electrons. The van der Waals surface area contributed by atoms with Gasteiger partial charge in [0.25, 0.3) is 0 Å². The van der Waals surface area contributed by atoms with Crippen LogP contribution in [0.5, 0.6) is 0 Å². The van der Waals surface area contributed by atoms with Gasteiger partial charge in [0.2, 0.25) is 0 Å². The number of carbonyl (C=O) groups is 2. The number of amides is 2. The molecular formula is C11H14N2O3. The summed E-state index contributed by atoms with van der Waals surface area (Å²) in [6.45, 7) is 1.89. The molecule has 1 aromatic carbocycles. The molecule has 2 amide bonds. The number of carbonyl (C=O) groups excluding carboxylic acids is 1. The third-order valence-corrected chi connectivity index (χ3v) is 2.14. The fourth-order valence-corrected chi connectivity index (χ4v) is 1.49. The van der Waals surface area contributed by atoms with E-state index in [2.05, 4.69) is 5.32 Å². The Labute approximate surface area is 93.3 Å². The van der Waals surface area contributed by atoms with Crippen LogP contribution in [0.1, 0.15) is 23.6 Å². The lowest BCUT2D eigenvalue weighted by Gasteiger charge is -2.16. The summed E-state index contributed by atoms with van der Waals surface area (Å²) in [5.41, 5.74) is 6.74. The van der Waals surface area contributed by atoms with Crippen LogP contribution in [0.3, 0.4) is 0 Å². The number of urea groups is 1. The van der Waals surface area contributed by atoms with Gasteiger partial charge in [-0.25, -0.2) is 4.79 Å². The Kier molecular flexibility index (Phi) is 3.88. The van der Waals surface area contributed by atoms with Gasteiger partial charge in [-0.15, -0.1) is 0 Å². The van der Waals surface area contributed by atoms with Crippen LogP contribution in [0, 0.1) is 6.92 Å². The maximum absolute atomic E-state index is 10.8. The number of hydrogen-bond acceptors (Lipinski definition) is 2. The second-order valence-corrected chi connectivity index (χ2v) is 3.57. The summed E-state index contributed by atoms with van der Waals surface area (Å²) in [7, 11) is 0. The highest BCUT2D eigenvalue weighted by atomic mass is 16.4. The molecule has 86 valence electrons. The van der Waals surface area contributed by atoms with Gasteiger partial charge < -0.3 is 16.2 Å². The average molecular weight is 222 g/mol. The molecular weight excluding hydrogens is 208 g/mol. The van der Waals surface area contributed by atoms with Crippen molar-refractivity contribution >= 4 is 12.0 Å². The SMILES string of the molecule is Cc1cccc([C@H](CC(=O)O)NC(N)=O)c1. The van der Waals surface area contributed by atoms with E-state index in [9.17, 15) is 9.59 Å². The van der Waals surface area contributed by atoms with Crippen LogP contribution in [0.15, 0.2) is 24.3 Å². The van der Waals surface area contributed by atoms with E-state index < -0.39 is 18.0 Å². The molecule has 16 heavy (non-hydrogen) atoms. The number of nitrogens with one attached hydrogen (secondary N) is 1. The Morgan fingerprint density at radius 2 is 2.19 bits per heavy atom. The molecule has 0 bridgehead atoms. The van der Waals surface area contributed by atoms with Crippen molar-refractivity contribution in [3.63, 3.8) is 0 Å². The van der Waals surface area contributed by atoms with Gasteiger partial charge >= 0.3 is 12.0 Å². The minimum atomic E-state index is -0.986. The lowest BCUT2D eigenvalue weighted by atomic mass is 10.0. The van der Waals surface area contributed by atoms with Crippen LogP contribution in [-0.2, 0) is 4.79 Å². The predicted octanol–water partition coefficient (Wildman–Crippen LogP) is 1.18. The smallest absolute Gasteiger partial charge is 0.312 e. The Hall–Kier alpha value is -2.04. The summed E-state index contributed by atoms with van der Waals surface area (Å²) in [4.78, 5) is 21.4. The predicted molar refractivity (Wildman–Crippen MR) is 58.9 cm³/mol. The molecule has 4 N–H and O–H groups in total. The van der Waals surface area contributed by atoms with Gasteiger partial charge in [-0.2, -0.15) is 0 Å². The van der Waals surface area contributed by atoms with E-state index in [-0.39, 0.29) is 6.42 Å². The summed E-state index contributed by atoms with van der Waals surface area (Å²) in [6.07, 6.45) is -0.188. The van der Waals surface area contributed by atoms with E-state index in [1.54, 1.807) is 6.07 Å². The number of rotatable bonds is 4. The van der Waals surface area contributed by atoms with Gasteiger partial charge in [0.1, 0.15) is 0 Å². The van der Waals surface area contributed by atoms with Crippen molar-refractivity contribution in [1.82, 2.24) is 5.32 Å². The molecule has 0 fully saturated rings. The number of carboxylic acid groups (broad SMARTS) is 1. The van der Waals surface area contributed by atoms with Crippen molar-refractivity contribution in [3.05, 3.63) is 35.4 Å². The minimum Gasteiger partial charge on any atom is -0.481 e. The van der Waals surface area contributed by atoms with Gasteiger partial charge in [-0.3, -0.25) is 4.79 Å². The summed E-state index contributed by atoms with van der Waals surface area (Å²) in [5, 5.41) is 11.1. The van der Waals surface area contributed by atoms with Gasteiger partial charge in [-0.05, 0) is 12.5 Å². The second-order valence-electron chi connectivity index (χ2n) is 3.57. The van der Waals surface area contributed by atoms with Crippen LogP contribution in [0.4, 0.5) is 4.79 Å². The number of hydrogen-bond donors (Lipinski definition) is 3. The summed E-state index contributed by atoms with van der Waals surface area (Å²) < 4.78 is 0. The highest BCUT2D eigenvalue weighted by Gasteiger charge is 2.16. The summed E-state index contributed by atoms with van der Waals surface area (Å²) >= 11 is 0. The Morgan fingerprint density at radius 1 is 1.50 bits per heavy atom. The molecule has 0 saturated carbocycles. The molecule has 5 heteroatoms. The number of carboxylic acids is 1. The van der Waals surface area contributed by atoms with E-state index >= 15 is 0 Å². The zero-order valence-electron chi connectivity index (χ0n) is 8.93. The quantitative estimate of drug-likeness (QED) is 0.714. The fraction of sp³-hybridized carbons (Fsp3) is 0.273. The molecule has 0 aromatic heterocycles. The molecule has 0 spiro atoms. The van der Waals surface area contributed by atoms with E-state index in [0.717, 1.165) is 11.1 Å². The van der Waals surface area contributed by atoms with Crippen molar-refractivity contribution in [2.75, 3.05) is 0 Å². The van der Waals surface area contributed by atoms with Crippen molar-refractivity contribution < 1.29 is 14.7 Å². The largest absolute Gasteiger partial charge is 0.481 e. The minimum absolute atomic E-state index is 0.188. The molecule has 0 saturated heterocycles. The van der Waals surface area contributed by atoms with Gasteiger partial charge in [0.05, 0.1) is 12.5 Å². The lowest BCUT2D eigenvalue weighted by molar-refractivity contribution is -0.137. The average Bonchev–Trinajstić information content (AvgIpc) is 2.15. The maximum atomic E-state index is 10.8. The molecule has 0 unspecified atom stereocenters. The van der Waals surface area contributed by atoms with E-state index in [4.69, 9.17) is 10.8 Å². The van der Waals surface area contributed by atoms with Crippen LogP contribution >= 0.6 is 0 Å². The van der Waals surface area contributed by atoms with E-state index in [1.165, 1.54) is 0 Å². The van der Waals surface area contributed by atoms with E-state index in [1.807, 2.05) is 25.1 Å².